The fourth-order valence-corrected chi connectivity index (χ4v) is 2.12. The number of hydrogen-bond acceptors (Lipinski definition) is 4. The van der Waals surface area contributed by atoms with Gasteiger partial charge in [-0.1, -0.05) is 6.92 Å². The lowest BCUT2D eigenvalue weighted by atomic mass is 10.2. The standard InChI is InChI=1S/C9H14N2O2S/c1-3-6(10)4-7-11-8(9(12)13)5(2)14-7/h6H,3-4,10H2,1-2H3,(H,12,13). The number of nitrogens with zero attached hydrogens (tertiary/aromatic N) is 1. The second kappa shape index (κ2) is 4.52. The highest BCUT2D eigenvalue weighted by molar-refractivity contribution is 7.11. The lowest BCUT2D eigenvalue weighted by Crippen LogP contribution is -2.21. The molecule has 0 aliphatic heterocycles. The molecule has 0 bridgehead atoms. The quantitative estimate of drug-likeness (QED) is 0.795. The first kappa shape index (κ1) is 11.1. The second-order valence-corrected chi connectivity index (χ2v) is 4.48. The molecule has 0 aliphatic carbocycles. The lowest BCUT2D eigenvalue weighted by Gasteiger charge is -2.03. The predicted octanol–water partition coefficient (Wildman–Crippen LogP) is 1.43. The Morgan fingerprint density at radius 3 is 2.79 bits per heavy atom. The van der Waals surface area contributed by atoms with Crippen LogP contribution in [0.15, 0.2) is 0 Å². The topological polar surface area (TPSA) is 76.2 Å². The Labute approximate surface area is 86.8 Å². The molecule has 1 aromatic rings. The minimum Gasteiger partial charge on any atom is -0.476 e. The van der Waals surface area contributed by atoms with Gasteiger partial charge in [0, 0.05) is 17.3 Å². The predicted molar refractivity (Wildman–Crippen MR) is 55.8 cm³/mol. The summed E-state index contributed by atoms with van der Waals surface area (Å²) >= 11 is 1.41. The van der Waals surface area contributed by atoms with Crippen LogP contribution in [-0.4, -0.2) is 22.1 Å². The summed E-state index contributed by atoms with van der Waals surface area (Å²) < 4.78 is 0. The van der Waals surface area contributed by atoms with Crippen molar-refractivity contribution < 1.29 is 9.90 Å². The lowest BCUT2D eigenvalue weighted by molar-refractivity contribution is 0.0690. The van der Waals surface area contributed by atoms with E-state index < -0.39 is 5.97 Å². The van der Waals surface area contributed by atoms with Crippen LogP contribution in [-0.2, 0) is 6.42 Å². The van der Waals surface area contributed by atoms with E-state index >= 15 is 0 Å². The van der Waals surface area contributed by atoms with Gasteiger partial charge in [-0.15, -0.1) is 11.3 Å². The number of rotatable bonds is 4. The molecule has 0 saturated heterocycles. The van der Waals surface area contributed by atoms with Gasteiger partial charge < -0.3 is 10.8 Å². The van der Waals surface area contributed by atoms with Gasteiger partial charge in [-0.3, -0.25) is 0 Å². The van der Waals surface area contributed by atoms with E-state index in [4.69, 9.17) is 10.8 Å². The van der Waals surface area contributed by atoms with Crippen molar-refractivity contribution in [1.82, 2.24) is 4.98 Å². The SMILES string of the molecule is CCC(N)Cc1nc(C(=O)O)c(C)s1. The molecule has 0 amide bonds. The molecule has 1 rings (SSSR count). The number of carbonyl (C=O) groups is 1. The van der Waals surface area contributed by atoms with Gasteiger partial charge in [0.15, 0.2) is 5.69 Å². The minimum absolute atomic E-state index is 0.0715. The van der Waals surface area contributed by atoms with Crippen LogP contribution < -0.4 is 5.73 Å². The van der Waals surface area contributed by atoms with E-state index in [0.717, 1.165) is 16.3 Å². The Bertz CT molecular complexity index is 336. The fourth-order valence-electron chi connectivity index (χ4n) is 1.11. The van der Waals surface area contributed by atoms with Crippen molar-refractivity contribution >= 4 is 17.3 Å². The molecule has 0 aromatic carbocycles. The van der Waals surface area contributed by atoms with Crippen molar-refractivity contribution in [2.75, 3.05) is 0 Å². The van der Waals surface area contributed by atoms with E-state index in [2.05, 4.69) is 4.98 Å². The van der Waals surface area contributed by atoms with Gasteiger partial charge in [-0.25, -0.2) is 9.78 Å². The molecule has 78 valence electrons. The molecule has 1 heterocycles. The summed E-state index contributed by atoms with van der Waals surface area (Å²) in [6.45, 7) is 3.77. The maximum Gasteiger partial charge on any atom is 0.355 e. The number of aromatic carboxylic acids is 1. The van der Waals surface area contributed by atoms with E-state index in [1.54, 1.807) is 6.92 Å². The summed E-state index contributed by atoms with van der Waals surface area (Å²) in [4.78, 5) is 15.5. The second-order valence-electron chi connectivity index (χ2n) is 3.19. The molecular weight excluding hydrogens is 200 g/mol. The third-order valence-corrected chi connectivity index (χ3v) is 3.00. The number of nitrogens with two attached hydrogens (primary N) is 1. The summed E-state index contributed by atoms with van der Waals surface area (Å²) in [6.07, 6.45) is 1.54. The number of hydrogen-bond donors (Lipinski definition) is 2. The number of thiazole rings is 1. The van der Waals surface area contributed by atoms with Gasteiger partial charge in [0.2, 0.25) is 0 Å². The van der Waals surface area contributed by atoms with E-state index in [0.29, 0.717) is 6.42 Å². The first-order chi connectivity index (χ1) is 6.54. The maximum absolute atomic E-state index is 10.7. The molecule has 5 heteroatoms. The molecule has 4 nitrogen and oxygen atoms in total. The van der Waals surface area contributed by atoms with Crippen molar-refractivity contribution in [3.63, 3.8) is 0 Å². The molecular formula is C9H14N2O2S. The highest BCUT2D eigenvalue weighted by Crippen LogP contribution is 2.18. The van der Waals surface area contributed by atoms with Crippen molar-refractivity contribution in [3.05, 3.63) is 15.6 Å². The smallest absolute Gasteiger partial charge is 0.355 e. The Balaban J connectivity index is 2.81. The summed E-state index contributed by atoms with van der Waals surface area (Å²) in [7, 11) is 0. The van der Waals surface area contributed by atoms with Gasteiger partial charge in [0.05, 0.1) is 5.01 Å². The van der Waals surface area contributed by atoms with E-state index in [1.807, 2.05) is 6.92 Å². The van der Waals surface area contributed by atoms with Gasteiger partial charge in [-0.2, -0.15) is 0 Å². The summed E-state index contributed by atoms with van der Waals surface area (Å²) in [5.41, 5.74) is 5.92. The van der Waals surface area contributed by atoms with Gasteiger partial charge in [0.25, 0.3) is 0 Å². The van der Waals surface area contributed by atoms with Crippen LogP contribution in [0.1, 0.15) is 33.7 Å². The third-order valence-electron chi connectivity index (χ3n) is 2.00. The maximum atomic E-state index is 10.7. The summed E-state index contributed by atoms with van der Waals surface area (Å²) in [6, 6.07) is 0.0715. The molecule has 0 spiro atoms. The number of carboxylic acid groups (broad SMARTS) is 1. The Morgan fingerprint density at radius 1 is 1.71 bits per heavy atom. The third kappa shape index (κ3) is 2.52. The molecule has 0 saturated carbocycles. The van der Waals surface area contributed by atoms with Crippen LogP contribution >= 0.6 is 11.3 Å². The van der Waals surface area contributed by atoms with Crippen LogP contribution in [0.4, 0.5) is 0 Å². The largest absolute Gasteiger partial charge is 0.476 e. The van der Waals surface area contributed by atoms with Crippen LogP contribution in [0.5, 0.6) is 0 Å². The van der Waals surface area contributed by atoms with Crippen molar-refractivity contribution in [3.8, 4) is 0 Å². The van der Waals surface area contributed by atoms with Crippen LogP contribution in [0.3, 0.4) is 0 Å². The van der Waals surface area contributed by atoms with E-state index in [1.165, 1.54) is 11.3 Å². The monoisotopic (exact) mass is 214 g/mol. The minimum atomic E-state index is -0.963. The van der Waals surface area contributed by atoms with Crippen LogP contribution in [0, 0.1) is 6.92 Å². The summed E-state index contributed by atoms with van der Waals surface area (Å²) in [5.74, 6) is -0.963. The molecule has 3 N–H and O–H groups in total. The van der Waals surface area contributed by atoms with Gasteiger partial charge in [0.1, 0.15) is 0 Å². The Kier molecular flexibility index (Phi) is 3.60. The average molecular weight is 214 g/mol. The highest BCUT2D eigenvalue weighted by atomic mass is 32.1. The first-order valence-corrected chi connectivity index (χ1v) is 5.31. The molecule has 1 aromatic heterocycles. The van der Waals surface area contributed by atoms with Gasteiger partial charge >= 0.3 is 5.97 Å². The van der Waals surface area contributed by atoms with Crippen molar-refractivity contribution in [1.29, 1.82) is 0 Å². The van der Waals surface area contributed by atoms with Gasteiger partial charge in [-0.05, 0) is 13.3 Å². The number of carboxylic acids is 1. The highest BCUT2D eigenvalue weighted by Gasteiger charge is 2.14. The number of aryl methyl sites for hydroxylation is 1. The molecule has 1 unspecified atom stereocenters. The zero-order valence-corrected chi connectivity index (χ0v) is 9.10. The fraction of sp³-hybridized carbons (Fsp3) is 0.556. The Hall–Kier alpha value is -0.940. The van der Waals surface area contributed by atoms with E-state index in [-0.39, 0.29) is 11.7 Å². The molecule has 14 heavy (non-hydrogen) atoms. The van der Waals surface area contributed by atoms with Crippen LogP contribution in [0.25, 0.3) is 0 Å². The normalized spacial score (nSPS) is 12.8. The zero-order chi connectivity index (χ0) is 10.7. The molecule has 0 fully saturated rings. The van der Waals surface area contributed by atoms with Crippen molar-refractivity contribution in [2.45, 2.75) is 32.7 Å². The molecule has 0 radical (unpaired) electrons. The summed E-state index contributed by atoms with van der Waals surface area (Å²) in [5, 5.41) is 9.60. The Morgan fingerprint density at radius 2 is 2.36 bits per heavy atom. The zero-order valence-electron chi connectivity index (χ0n) is 8.28. The molecule has 0 aliphatic rings. The molecule has 1 atom stereocenters. The van der Waals surface area contributed by atoms with E-state index in [9.17, 15) is 4.79 Å². The first-order valence-electron chi connectivity index (χ1n) is 4.49. The average Bonchev–Trinajstić information content (AvgIpc) is 2.46. The van der Waals surface area contributed by atoms with Crippen molar-refractivity contribution in [2.24, 2.45) is 5.73 Å². The van der Waals surface area contributed by atoms with Crippen LogP contribution in [0.2, 0.25) is 0 Å². The number of aromatic nitrogens is 1.